The van der Waals surface area contributed by atoms with Gasteiger partial charge in [-0.15, -0.1) is 0 Å². The predicted molar refractivity (Wildman–Crippen MR) is 25.8 cm³/mol. The topological polar surface area (TPSA) is 12.4 Å². The van der Waals surface area contributed by atoms with Crippen molar-refractivity contribution in [3.63, 3.8) is 0 Å². The van der Waals surface area contributed by atoms with Crippen LogP contribution >= 0.6 is 0 Å². The minimum Gasteiger partial charge on any atom is -0.255 e. The van der Waals surface area contributed by atoms with Gasteiger partial charge in [-0.3, -0.25) is 4.99 Å². The number of aliphatic imine (C=N–C) groups is 1. The summed E-state index contributed by atoms with van der Waals surface area (Å²) in [5.41, 5.74) is 4.00. The number of hydrogen-bond donors (Lipinski definition) is 0. The molecule has 1 nitrogen and oxygen atoms in total. The van der Waals surface area contributed by atoms with Crippen LogP contribution < -0.4 is 0 Å². The van der Waals surface area contributed by atoms with E-state index in [4.69, 9.17) is 0 Å². The van der Waals surface area contributed by atoms with Crippen LogP contribution in [0.3, 0.4) is 0 Å². The van der Waals surface area contributed by atoms with Gasteiger partial charge in [-0.2, -0.15) is 0 Å². The van der Waals surface area contributed by atoms with Crippen molar-refractivity contribution in [1.29, 1.82) is 0 Å². The molecule has 0 N–H and O–H groups in total. The molecule has 0 aromatic rings. The Hall–Kier alpha value is -0.810. The van der Waals surface area contributed by atoms with Crippen molar-refractivity contribution in [2.45, 2.75) is 6.92 Å². The molecule has 0 radical (unpaired) electrons. The molecule has 0 amide bonds. The molecule has 0 atom stereocenters. The molecule has 1 aliphatic heterocycles. The van der Waals surface area contributed by atoms with Gasteiger partial charge < -0.3 is 0 Å². The Morgan fingerprint density at radius 1 is 1.83 bits per heavy atom. The maximum atomic E-state index is 3.77. The second kappa shape index (κ2) is 1.11. The summed E-state index contributed by atoms with van der Waals surface area (Å²) in [5.74, 6) is 0. The lowest BCUT2D eigenvalue weighted by molar-refractivity contribution is 1.64. The zero-order valence-corrected chi connectivity index (χ0v) is 3.60. The maximum Gasteiger partial charge on any atom is 0.0690 e. The van der Waals surface area contributed by atoms with Crippen molar-refractivity contribution in [2.24, 2.45) is 4.99 Å². The highest BCUT2D eigenvalue weighted by Gasteiger charge is 1.78. The van der Waals surface area contributed by atoms with E-state index in [0.29, 0.717) is 0 Å². The van der Waals surface area contributed by atoms with E-state index >= 15 is 0 Å². The molecule has 1 aliphatic rings. The smallest absolute Gasteiger partial charge is 0.0690 e. The van der Waals surface area contributed by atoms with Gasteiger partial charge in [0.05, 0.1) is 6.20 Å². The summed E-state index contributed by atoms with van der Waals surface area (Å²) in [6.07, 6.45) is 3.44. The van der Waals surface area contributed by atoms with Crippen molar-refractivity contribution in [2.75, 3.05) is 0 Å². The first kappa shape index (κ1) is 3.38. The highest BCUT2D eigenvalue weighted by molar-refractivity contribution is 5.79. The van der Waals surface area contributed by atoms with E-state index in [9.17, 15) is 0 Å². The average Bonchev–Trinajstić information content (AvgIpc) is 1.86. The minimum atomic E-state index is 1.11. The molecule has 0 aromatic carbocycles. The van der Waals surface area contributed by atoms with Crippen LogP contribution in [0.2, 0.25) is 0 Å². The fraction of sp³-hybridized carbons (Fsp3) is 0.200. The maximum absolute atomic E-state index is 3.77. The summed E-state index contributed by atoms with van der Waals surface area (Å²) in [4.78, 5) is 3.77. The molecule has 0 saturated carbocycles. The molecule has 0 unspecified atom stereocenters. The van der Waals surface area contributed by atoms with Crippen molar-refractivity contribution in [3.8, 4) is 0 Å². The van der Waals surface area contributed by atoms with Gasteiger partial charge in [-0.05, 0) is 6.92 Å². The average molecular weight is 79.1 g/mol. The summed E-state index contributed by atoms with van der Waals surface area (Å²) in [5, 5.41) is 0. The van der Waals surface area contributed by atoms with Crippen molar-refractivity contribution >= 4 is 6.21 Å². The fourth-order valence-electron chi connectivity index (χ4n) is 0.325. The molecule has 30 valence electrons. The Morgan fingerprint density at radius 2 is 2.67 bits per heavy atom. The Bertz CT molecular complexity index is 136. The number of rotatable bonds is 0. The van der Waals surface area contributed by atoms with E-state index < -0.39 is 0 Å². The van der Waals surface area contributed by atoms with Gasteiger partial charge in [-0.25, -0.2) is 0 Å². The summed E-state index contributed by atoms with van der Waals surface area (Å²) < 4.78 is 0. The Labute approximate surface area is 36.7 Å². The summed E-state index contributed by atoms with van der Waals surface area (Å²) >= 11 is 0. The zero-order valence-electron chi connectivity index (χ0n) is 3.60. The fourth-order valence-corrected chi connectivity index (χ4v) is 0.325. The first-order valence-corrected chi connectivity index (χ1v) is 1.84. The quantitative estimate of drug-likeness (QED) is 0.386. The molecule has 0 bridgehead atoms. The van der Waals surface area contributed by atoms with Crippen LogP contribution in [0.5, 0.6) is 0 Å². The van der Waals surface area contributed by atoms with E-state index in [1.54, 1.807) is 12.4 Å². The number of hydrogen-bond acceptors (Lipinski definition) is 1. The molecule has 1 rings (SSSR count). The normalized spacial score (nSPS) is 15.8. The minimum absolute atomic E-state index is 1.11. The monoisotopic (exact) mass is 79.0 g/mol. The number of nitrogens with zero attached hydrogens (tertiary/aromatic N) is 1. The summed E-state index contributed by atoms with van der Waals surface area (Å²) in [6, 6.07) is 0. The molecule has 1 heteroatoms. The van der Waals surface area contributed by atoms with E-state index in [2.05, 4.69) is 10.7 Å². The second-order valence-corrected chi connectivity index (χ2v) is 1.23. The zero-order chi connectivity index (χ0) is 4.41. The van der Waals surface area contributed by atoms with E-state index in [1.807, 2.05) is 6.92 Å². The van der Waals surface area contributed by atoms with Crippen LogP contribution in [0.15, 0.2) is 22.5 Å². The third-order valence-corrected chi connectivity index (χ3v) is 0.635. The van der Waals surface area contributed by atoms with Gasteiger partial charge in [0, 0.05) is 11.8 Å². The van der Waals surface area contributed by atoms with Crippen LogP contribution in [0.4, 0.5) is 0 Å². The van der Waals surface area contributed by atoms with E-state index in [0.717, 1.165) is 5.57 Å². The molecule has 0 aromatic heterocycles. The Balaban J connectivity index is 2.98. The van der Waals surface area contributed by atoms with Crippen LogP contribution in [0.1, 0.15) is 6.92 Å². The molecular weight excluding hydrogens is 74.1 g/mol. The summed E-state index contributed by atoms with van der Waals surface area (Å²) in [6.45, 7) is 1.97. The molecule has 6 heavy (non-hydrogen) atoms. The first-order valence-electron chi connectivity index (χ1n) is 1.84. The van der Waals surface area contributed by atoms with Gasteiger partial charge in [0.2, 0.25) is 0 Å². The molecule has 0 fully saturated rings. The largest absolute Gasteiger partial charge is 0.255 e. The number of allylic oxidation sites excluding steroid dienone is 1. The molecule has 0 aliphatic carbocycles. The third-order valence-electron chi connectivity index (χ3n) is 0.635. The SMILES string of the molecule is CC1=C=CN=C1. The van der Waals surface area contributed by atoms with Crippen LogP contribution in [0.25, 0.3) is 0 Å². The molecule has 0 spiro atoms. The van der Waals surface area contributed by atoms with E-state index in [1.165, 1.54) is 0 Å². The predicted octanol–water partition coefficient (Wildman–Crippen LogP) is 1.13. The van der Waals surface area contributed by atoms with Gasteiger partial charge in [-0.1, -0.05) is 5.73 Å². The molecule has 1 heterocycles. The van der Waals surface area contributed by atoms with Gasteiger partial charge in [0.25, 0.3) is 0 Å². The van der Waals surface area contributed by atoms with Gasteiger partial charge in [0.1, 0.15) is 0 Å². The third kappa shape index (κ3) is 0.399. The Kier molecular flexibility index (Phi) is 0.627. The van der Waals surface area contributed by atoms with Gasteiger partial charge in [0.15, 0.2) is 0 Å². The molecule has 0 saturated heterocycles. The van der Waals surface area contributed by atoms with Crippen LogP contribution in [-0.4, -0.2) is 6.21 Å². The first-order chi connectivity index (χ1) is 2.89. The van der Waals surface area contributed by atoms with Crippen molar-refractivity contribution in [3.05, 3.63) is 17.5 Å². The van der Waals surface area contributed by atoms with Crippen molar-refractivity contribution in [1.82, 2.24) is 0 Å². The second-order valence-electron chi connectivity index (χ2n) is 1.23. The van der Waals surface area contributed by atoms with Crippen LogP contribution in [-0.2, 0) is 0 Å². The highest BCUT2D eigenvalue weighted by Crippen LogP contribution is 1.89. The lowest BCUT2D eigenvalue weighted by Crippen LogP contribution is -1.63. The van der Waals surface area contributed by atoms with Crippen molar-refractivity contribution < 1.29 is 0 Å². The summed E-state index contributed by atoms with van der Waals surface area (Å²) in [7, 11) is 0. The lowest BCUT2D eigenvalue weighted by Gasteiger charge is -1.66. The Morgan fingerprint density at radius 3 is 2.83 bits per heavy atom. The van der Waals surface area contributed by atoms with Crippen LogP contribution in [0, 0.1) is 0 Å². The standard InChI is InChI=1S/C5H5N/c1-5-2-3-6-4-5/h3-4H,1H3. The van der Waals surface area contributed by atoms with Gasteiger partial charge >= 0.3 is 0 Å². The van der Waals surface area contributed by atoms with E-state index in [-0.39, 0.29) is 0 Å². The lowest BCUT2D eigenvalue weighted by atomic mass is 10.4. The molecular formula is C5H5N. The highest BCUT2D eigenvalue weighted by atomic mass is 14.7.